The Bertz CT molecular complexity index is 503. The monoisotopic (exact) mass is 290 g/mol. The maximum Gasteiger partial charge on any atom is 0.161 e. The number of anilines is 1. The van der Waals surface area contributed by atoms with E-state index in [0.29, 0.717) is 11.9 Å². The molecule has 1 atom stereocenters. The van der Waals surface area contributed by atoms with Gasteiger partial charge in [-0.05, 0) is 39.5 Å². The van der Waals surface area contributed by atoms with Crippen LogP contribution in [0.25, 0.3) is 0 Å². The predicted molar refractivity (Wildman–Crippen MR) is 83.1 cm³/mol. The molecular weight excluding hydrogens is 264 g/mol. The van der Waals surface area contributed by atoms with Gasteiger partial charge in [0.05, 0.1) is 6.61 Å². The van der Waals surface area contributed by atoms with Gasteiger partial charge < -0.3 is 10.5 Å². The van der Waals surface area contributed by atoms with Gasteiger partial charge in [0.25, 0.3) is 0 Å². The number of hydrogen-bond acceptors (Lipinski definition) is 5. The van der Waals surface area contributed by atoms with Gasteiger partial charge in [-0.3, -0.25) is 4.90 Å². The molecule has 1 fully saturated rings. The van der Waals surface area contributed by atoms with Gasteiger partial charge in [0.2, 0.25) is 0 Å². The maximum atomic E-state index is 6.19. The lowest BCUT2D eigenvalue weighted by Crippen LogP contribution is -2.42. The highest BCUT2D eigenvalue weighted by molar-refractivity contribution is 5.43. The standard InChI is InChI=1S/C16H26N4O/c1-11(2)20-8-9-21-14(10-20)16-18-13-7-5-3-4-6-12(13)15(17)19-16/h11,14H,3-10H2,1-2H3,(H2,17,18,19). The molecule has 3 rings (SSSR count). The van der Waals surface area contributed by atoms with E-state index in [0.717, 1.165) is 44.1 Å². The number of fused-ring (bicyclic) bond motifs is 1. The van der Waals surface area contributed by atoms with Gasteiger partial charge >= 0.3 is 0 Å². The highest BCUT2D eigenvalue weighted by Crippen LogP contribution is 2.27. The molecule has 21 heavy (non-hydrogen) atoms. The van der Waals surface area contributed by atoms with Gasteiger partial charge in [0, 0.05) is 30.4 Å². The summed E-state index contributed by atoms with van der Waals surface area (Å²) in [7, 11) is 0. The Morgan fingerprint density at radius 2 is 2.00 bits per heavy atom. The van der Waals surface area contributed by atoms with Crippen molar-refractivity contribution in [2.75, 3.05) is 25.4 Å². The van der Waals surface area contributed by atoms with Crippen molar-refractivity contribution in [2.24, 2.45) is 0 Å². The zero-order valence-corrected chi connectivity index (χ0v) is 13.1. The third-order valence-corrected chi connectivity index (χ3v) is 4.60. The van der Waals surface area contributed by atoms with Gasteiger partial charge in [-0.15, -0.1) is 0 Å². The predicted octanol–water partition coefficient (Wildman–Crippen LogP) is 2.11. The molecule has 2 heterocycles. The summed E-state index contributed by atoms with van der Waals surface area (Å²) in [6.45, 7) is 7.01. The molecule has 0 radical (unpaired) electrons. The largest absolute Gasteiger partial charge is 0.383 e. The lowest BCUT2D eigenvalue weighted by atomic mass is 10.1. The van der Waals surface area contributed by atoms with Crippen molar-refractivity contribution in [3.05, 3.63) is 17.1 Å². The first kappa shape index (κ1) is 14.7. The molecule has 5 nitrogen and oxygen atoms in total. The highest BCUT2D eigenvalue weighted by Gasteiger charge is 2.27. The number of rotatable bonds is 2. The fourth-order valence-corrected chi connectivity index (χ4v) is 3.26. The molecule has 0 saturated carbocycles. The van der Waals surface area contributed by atoms with Crippen LogP contribution < -0.4 is 5.73 Å². The number of morpholine rings is 1. The second kappa shape index (κ2) is 6.28. The van der Waals surface area contributed by atoms with Crippen LogP contribution >= 0.6 is 0 Å². The van der Waals surface area contributed by atoms with Crippen LogP contribution in [0, 0.1) is 0 Å². The third kappa shape index (κ3) is 3.19. The first-order chi connectivity index (χ1) is 10.1. The van der Waals surface area contributed by atoms with Crippen molar-refractivity contribution in [1.82, 2.24) is 14.9 Å². The minimum Gasteiger partial charge on any atom is -0.383 e. The Labute approximate surface area is 126 Å². The van der Waals surface area contributed by atoms with Crippen LogP contribution in [0.5, 0.6) is 0 Å². The number of hydrogen-bond donors (Lipinski definition) is 1. The Balaban J connectivity index is 1.85. The molecular formula is C16H26N4O. The van der Waals surface area contributed by atoms with Crippen LogP contribution in [0.15, 0.2) is 0 Å². The van der Waals surface area contributed by atoms with Crippen molar-refractivity contribution in [3.8, 4) is 0 Å². The molecule has 5 heteroatoms. The second-order valence-electron chi connectivity index (χ2n) is 6.40. The first-order valence-electron chi connectivity index (χ1n) is 8.16. The zero-order chi connectivity index (χ0) is 14.8. The number of aryl methyl sites for hydroxylation is 1. The molecule has 1 saturated heterocycles. The van der Waals surface area contributed by atoms with Gasteiger partial charge in [0.15, 0.2) is 5.82 Å². The molecule has 2 aliphatic rings. The average molecular weight is 290 g/mol. The molecule has 1 aromatic heterocycles. The van der Waals surface area contributed by atoms with Gasteiger partial charge in [-0.25, -0.2) is 9.97 Å². The Kier molecular flexibility index (Phi) is 4.40. The van der Waals surface area contributed by atoms with E-state index in [1.54, 1.807) is 0 Å². The topological polar surface area (TPSA) is 64.3 Å². The normalized spacial score (nSPS) is 23.9. The van der Waals surface area contributed by atoms with E-state index >= 15 is 0 Å². The number of nitrogens with two attached hydrogens (primary N) is 1. The fourth-order valence-electron chi connectivity index (χ4n) is 3.26. The molecule has 1 aliphatic heterocycles. The molecule has 116 valence electrons. The van der Waals surface area contributed by atoms with Crippen molar-refractivity contribution in [1.29, 1.82) is 0 Å². The second-order valence-corrected chi connectivity index (χ2v) is 6.40. The average Bonchev–Trinajstić information content (AvgIpc) is 2.73. The lowest BCUT2D eigenvalue weighted by molar-refractivity contribution is -0.0443. The van der Waals surface area contributed by atoms with Crippen LogP contribution in [0.4, 0.5) is 5.82 Å². The Morgan fingerprint density at radius 3 is 2.81 bits per heavy atom. The van der Waals surface area contributed by atoms with Crippen molar-refractivity contribution >= 4 is 5.82 Å². The summed E-state index contributed by atoms with van der Waals surface area (Å²) < 4.78 is 5.90. The van der Waals surface area contributed by atoms with E-state index in [2.05, 4.69) is 23.7 Å². The van der Waals surface area contributed by atoms with E-state index in [4.69, 9.17) is 15.5 Å². The number of aromatic nitrogens is 2. The first-order valence-corrected chi connectivity index (χ1v) is 8.16. The van der Waals surface area contributed by atoms with Crippen LogP contribution in [0.2, 0.25) is 0 Å². The van der Waals surface area contributed by atoms with Crippen LogP contribution in [0.3, 0.4) is 0 Å². The summed E-state index contributed by atoms with van der Waals surface area (Å²) in [4.78, 5) is 11.8. The fraction of sp³-hybridized carbons (Fsp3) is 0.750. The number of nitrogens with zero attached hydrogens (tertiary/aromatic N) is 3. The van der Waals surface area contributed by atoms with Gasteiger partial charge in [0.1, 0.15) is 11.9 Å². The Morgan fingerprint density at radius 1 is 1.19 bits per heavy atom. The van der Waals surface area contributed by atoms with E-state index in [9.17, 15) is 0 Å². The molecule has 0 spiro atoms. The minimum absolute atomic E-state index is 0.0444. The molecule has 1 aromatic rings. The maximum absolute atomic E-state index is 6.19. The summed E-state index contributed by atoms with van der Waals surface area (Å²) >= 11 is 0. The van der Waals surface area contributed by atoms with E-state index in [1.165, 1.54) is 24.8 Å². The zero-order valence-electron chi connectivity index (χ0n) is 13.1. The quantitative estimate of drug-likeness (QED) is 0.845. The summed E-state index contributed by atoms with van der Waals surface area (Å²) in [6.07, 6.45) is 5.65. The molecule has 0 amide bonds. The highest BCUT2D eigenvalue weighted by atomic mass is 16.5. The van der Waals surface area contributed by atoms with Gasteiger partial charge in [-0.1, -0.05) is 6.42 Å². The summed E-state index contributed by atoms with van der Waals surface area (Å²) in [5.74, 6) is 1.45. The summed E-state index contributed by atoms with van der Waals surface area (Å²) in [5, 5.41) is 0. The SMILES string of the molecule is CC(C)N1CCOC(c2nc(N)c3c(n2)CCCCC3)C1. The number of ether oxygens (including phenoxy) is 1. The third-order valence-electron chi connectivity index (χ3n) is 4.60. The Hall–Kier alpha value is -1.20. The van der Waals surface area contributed by atoms with Gasteiger partial charge in [-0.2, -0.15) is 0 Å². The smallest absolute Gasteiger partial charge is 0.161 e. The lowest BCUT2D eigenvalue weighted by Gasteiger charge is -2.35. The number of nitrogen functional groups attached to an aromatic ring is 1. The summed E-state index contributed by atoms with van der Waals surface area (Å²) in [6, 6.07) is 0.523. The minimum atomic E-state index is -0.0444. The van der Waals surface area contributed by atoms with E-state index < -0.39 is 0 Å². The molecule has 0 aromatic carbocycles. The van der Waals surface area contributed by atoms with Crippen molar-refractivity contribution in [2.45, 2.75) is 58.1 Å². The molecule has 2 N–H and O–H groups in total. The van der Waals surface area contributed by atoms with Crippen LogP contribution in [-0.2, 0) is 17.6 Å². The van der Waals surface area contributed by atoms with Crippen LogP contribution in [-0.4, -0.2) is 40.6 Å². The molecule has 1 unspecified atom stereocenters. The van der Waals surface area contributed by atoms with Crippen molar-refractivity contribution < 1.29 is 4.74 Å². The summed E-state index contributed by atoms with van der Waals surface area (Å²) in [5.41, 5.74) is 8.52. The van der Waals surface area contributed by atoms with E-state index in [1.807, 2.05) is 0 Å². The van der Waals surface area contributed by atoms with E-state index in [-0.39, 0.29) is 6.10 Å². The van der Waals surface area contributed by atoms with Crippen molar-refractivity contribution in [3.63, 3.8) is 0 Å². The van der Waals surface area contributed by atoms with Crippen LogP contribution in [0.1, 0.15) is 56.3 Å². The molecule has 0 bridgehead atoms. The molecule has 1 aliphatic carbocycles.